The van der Waals surface area contributed by atoms with Crippen LogP contribution >= 0.6 is 0 Å². The van der Waals surface area contributed by atoms with E-state index in [1.165, 1.54) is 0 Å². The first-order valence-corrected chi connectivity index (χ1v) is 7.48. The van der Waals surface area contributed by atoms with Gasteiger partial charge < -0.3 is 5.11 Å². The van der Waals surface area contributed by atoms with Gasteiger partial charge in [0, 0.05) is 19.2 Å². The van der Waals surface area contributed by atoms with E-state index in [0.717, 1.165) is 32.4 Å². The molecule has 0 saturated carbocycles. The van der Waals surface area contributed by atoms with Gasteiger partial charge in [0.15, 0.2) is 9.84 Å². The second-order valence-electron chi connectivity index (χ2n) is 4.74. The highest BCUT2D eigenvalue weighted by atomic mass is 32.2. The van der Waals surface area contributed by atoms with E-state index < -0.39 is 9.84 Å². The van der Waals surface area contributed by atoms with E-state index >= 15 is 0 Å². The smallest absolute Gasteiger partial charge is 0.151 e. The van der Waals surface area contributed by atoms with Crippen molar-refractivity contribution in [3.05, 3.63) is 0 Å². The van der Waals surface area contributed by atoms with Crippen LogP contribution in [-0.2, 0) is 9.84 Å². The molecule has 0 amide bonds. The van der Waals surface area contributed by atoms with E-state index in [1.807, 2.05) is 0 Å². The molecule has 2 fully saturated rings. The molecule has 2 rings (SSSR count). The fraction of sp³-hybridized carbons (Fsp3) is 1.00. The Bertz CT molecular complexity index is 315. The third kappa shape index (κ3) is 2.71. The molecule has 0 spiro atoms. The lowest BCUT2D eigenvalue weighted by Gasteiger charge is -2.35. The summed E-state index contributed by atoms with van der Waals surface area (Å²) in [5.74, 6) is 1.02. The normalized spacial score (nSPS) is 36.9. The van der Waals surface area contributed by atoms with E-state index in [2.05, 4.69) is 4.90 Å². The second kappa shape index (κ2) is 4.39. The van der Waals surface area contributed by atoms with Gasteiger partial charge in [-0.2, -0.15) is 0 Å². The Labute approximate surface area is 91.2 Å². The molecule has 2 aliphatic heterocycles. The van der Waals surface area contributed by atoms with Crippen LogP contribution in [0.4, 0.5) is 0 Å². The van der Waals surface area contributed by atoms with Crippen molar-refractivity contribution in [3.8, 4) is 0 Å². The maximum atomic E-state index is 11.4. The van der Waals surface area contributed by atoms with Gasteiger partial charge in [0.1, 0.15) is 0 Å². The van der Waals surface area contributed by atoms with E-state index in [-0.39, 0.29) is 12.6 Å². The van der Waals surface area contributed by atoms with Crippen LogP contribution in [0.5, 0.6) is 0 Å². The Morgan fingerprint density at radius 2 is 2.13 bits per heavy atom. The number of piperidine rings is 1. The zero-order chi connectivity index (χ0) is 10.9. The molecule has 2 atom stereocenters. The standard InChI is InChI=1S/C10H19NO3S/c12-7-9-2-1-4-11(6-9)10-3-5-15(13,14)8-10/h9-10,12H,1-8H2/t9-,10-/m1/s1. The number of aliphatic hydroxyl groups is 1. The summed E-state index contributed by atoms with van der Waals surface area (Å²) < 4.78 is 22.7. The Kier molecular flexibility index (Phi) is 3.33. The molecule has 2 saturated heterocycles. The molecule has 0 aliphatic carbocycles. The fourth-order valence-corrected chi connectivity index (χ4v) is 4.40. The summed E-state index contributed by atoms with van der Waals surface area (Å²) in [6.45, 7) is 2.10. The largest absolute Gasteiger partial charge is 0.396 e. The van der Waals surface area contributed by atoms with Crippen LogP contribution in [0.1, 0.15) is 19.3 Å². The summed E-state index contributed by atoms with van der Waals surface area (Å²) in [6, 6.07) is 0.212. The molecule has 0 unspecified atom stereocenters. The zero-order valence-corrected chi connectivity index (χ0v) is 9.75. The summed E-state index contributed by atoms with van der Waals surface area (Å²) in [6.07, 6.45) is 2.94. The molecule has 0 aromatic heterocycles. The number of hydrogen-bond acceptors (Lipinski definition) is 4. The van der Waals surface area contributed by atoms with Crippen molar-refractivity contribution in [2.45, 2.75) is 25.3 Å². The lowest BCUT2D eigenvalue weighted by molar-refractivity contribution is 0.0957. The molecular formula is C10H19NO3S. The Morgan fingerprint density at radius 3 is 2.73 bits per heavy atom. The minimum Gasteiger partial charge on any atom is -0.396 e. The van der Waals surface area contributed by atoms with E-state index in [9.17, 15) is 8.42 Å². The molecule has 2 aliphatic rings. The van der Waals surface area contributed by atoms with Gasteiger partial charge in [-0.05, 0) is 31.7 Å². The Hall–Kier alpha value is -0.130. The lowest BCUT2D eigenvalue weighted by atomic mass is 9.97. The quantitative estimate of drug-likeness (QED) is 0.722. The minimum atomic E-state index is -2.77. The van der Waals surface area contributed by atoms with Crippen LogP contribution in [0.2, 0.25) is 0 Å². The van der Waals surface area contributed by atoms with Crippen LogP contribution in [0.3, 0.4) is 0 Å². The van der Waals surface area contributed by atoms with Crippen LogP contribution in [0, 0.1) is 5.92 Å². The van der Waals surface area contributed by atoms with Crippen LogP contribution in [0.25, 0.3) is 0 Å². The highest BCUT2D eigenvalue weighted by Crippen LogP contribution is 2.23. The van der Waals surface area contributed by atoms with Gasteiger partial charge in [0.05, 0.1) is 11.5 Å². The SMILES string of the molecule is O=S1(=O)CC[C@@H](N2CCC[C@@H](CO)C2)C1. The summed E-state index contributed by atoms with van der Waals surface area (Å²) >= 11 is 0. The summed E-state index contributed by atoms with van der Waals surface area (Å²) in [5.41, 5.74) is 0. The first-order chi connectivity index (χ1) is 7.11. The van der Waals surface area contributed by atoms with Crippen LogP contribution < -0.4 is 0 Å². The first-order valence-electron chi connectivity index (χ1n) is 5.66. The van der Waals surface area contributed by atoms with Gasteiger partial charge in [0.2, 0.25) is 0 Å². The third-order valence-corrected chi connectivity index (χ3v) is 5.28. The number of hydrogen-bond donors (Lipinski definition) is 1. The fourth-order valence-electron chi connectivity index (χ4n) is 2.64. The number of nitrogens with zero attached hydrogens (tertiary/aromatic N) is 1. The van der Waals surface area contributed by atoms with Gasteiger partial charge in [0.25, 0.3) is 0 Å². The average Bonchev–Trinajstić information content (AvgIpc) is 2.59. The zero-order valence-electron chi connectivity index (χ0n) is 8.93. The molecule has 15 heavy (non-hydrogen) atoms. The van der Waals surface area contributed by atoms with Gasteiger partial charge in [-0.3, -0.25) is 4.90 Å². The van der Waals surface area contributed by atoms with E-state index in [0.29, 0.717) is 17.4 Å². The molecule has 88 valence electrons. The summed E-state index contributed by atoms with van der Waals surface area (Å²) in [5, 5.41) is 9.11. The molecule has 0 aromatic carbocycles. The maximum Gasteiger partial charge on any atom is 0.151 e. The highest BCUT2D eigenvalue weighted by Gasteiger charge is 2.34. The monoisotopic (exact) mass is 233 g/mol. The van der Waals surface area contributed by atoms with Crippen molar-refractivity contribution in [2.75, 3.05) is 31.2 Å². The third-order valence-electron chi connectivity index (χ3n) is 3.53. The van der Waals surface area contributed by atoms with Gasteiger partial charge in [-0.1, -0.05) is 0 Å². The molecule has 2 heterocycles. The topological polar surface area (TPSA) is 57.6 Å². The van der Waals surface area contributed by atoms with Gasteiger partial charge in [-0.25, -0.2) is 8.42 Å². The van der Waals surface area contributed by atoms with Crippen molar-refractivity contribution in [2.24, 2.45) is 5.92 Å². The molecule has 0 radical (unpaired) electrons. The van der Waals surface area contributed by atoms with Crippen molar-refractivity contribution in [1.82, 2.24) is 4.90 Å². The van der Waals surface area contributed by atoms with Crippen LogP contribution in [-0.4, -0.2) is 55.7 Å². The number of sulfone groups is 1. The molecular weight excluding hydrogens is 214 g/mol. The molecule has 5 heteroatoms. The minimum absolute atomic E-state index is 0.212. The van der Waals surface area contributed by atoms with Crippen molar-refractivity contribution < 1.29 is 13.5 Å². The Morgan fingerprint density at radius 1 is 1.33 bits per heavy atom. The Balaban J connectivity index is 1.94. The maximum absolute atomic E-state index is 11.4. The van der Waals surface area contributed by atoms with E-state index in [1.54, 1.807) is 0 Å². The van der Waals surface area contributed by atoms with E-state index in [4.69, 9.17) is 5.11 Å². The summed E-state index contributed by atoms with van der Waals surface area (Å²) in [7, 11) is -2.77. The molecule has 4 nitrogen and oxygen atoms in total. The van der Waals surface area contributed by atoms with Gasteiger partial charge >= 0.3 is 0 Å². The van der Waals surface area contributed by atoms with Crippen molar-refractivity contribution >= 4 is 9.84 Å². The lowest BCUT2D eigenvalue weighted by Crippen LogP contribution is -2.44. The van der Waals surface area contributed by atoms with Crippen molar-refractivity contribution in [1.29, 1.82) is 0 Å². The predicted molar refractivity (Wildman–Crippen MR) is 58.4 cm³/mol. The second-order valence-corrected chi connectivity index (χ2v) is 6.97. The molecule has 0 bridgehead atoms. The number of likely N-dealkylation sites (tertiary alicyclic amines) is 1. The summed E-state index contributed by atoms with van der Waals surface area (Å²) in [4.78, 5) is 2.26. The van der Waals surface area contributed by atoms with Gasteiger partial charge in [-0.15, -0.1) is 0 Å². The first kappa shape index (κ1) is 11.4. The average molecular weight is 233 g/mol. The highest BCUT2D eigenvalue weighted by molar-refractivity contribution is 7.91. The molecule has 1 N–H and O–H groups in total. The molecule has 0 aromatic rings. The predicted octanol–water partition coefficient (Wildman–Crippen LogP) is -0.122. The van der Waals surface area contributed by atoms with Crippen molar-refractivity contribution in [3.63, 3.8) is 0 Å². The van der Waals surface area contributed by atoms with Crippen LogP contribution in [0.15, 0.2) is 0 Å². The number of aliphatic hydroxyl groups excluding tert-OH is 1. The number of rotatable bonds is 2.